The number of aromatic nitrogens is 1. The molecule has 1 aliphatic rings. The molecular weight excluding hydrogens is 454 g/mol. The molecule has 1 aliphatic carbocycles. The minimum absolute atomic E-state index is 0.332. The highest BCUT2D eigenvalue weighted by atomic mass is 79.9. The quantitative estimate of drug-likeness (QED) is 0.230. The summed E-state index contributed by atoms with van der Waals surface area (Å²) in [7, 11) is 0. The maximum absolute atomic E-state index is 3.87. The van der Waals surface area contributed by atoms with Crippen molar-refractivity contribution >= 4 is 48.9 Å². The first kappa shape index (κ1) is 19.3. The Morgan fingerprint density at radius 3 is 2.16 bits per heavy atom. The Balaban J connectivity index is 1.53. The summed E-state index contributed by atoms with van der Waals surface area (Å²) in [6.45, 7) is 0. The van der Waals surface area contributed by atoms with E-state index >= 15 is 0 Å². The van der Waals surface area contributed by atoms with E-state index < -0.39 is 0 Å². The molecule has 0 saturated carbocycles. The molecule has 0 spiro atoms. The molecule has 2 heteroatoms. The number of fused-ring (bicyclic) bond motifs is 3. The Morgan fingerprint density at radius 1 is 0.656 bits per heavy atom. The molecular formula is C30H22BrN. The lowest BCUT2D eigenvalue weighted by Crippen LogP contribution is -2.03. The third-order valence-corrected chi connectivity index (χ3v) is 6.86. The Hall–Kier alpha value is -3.36. The second-order valence-corrected chi connectivity index (χ2v) is 9.47. The molecule has 1 unspecified atom stereocenters. The van der Waals surface area contributed by atoms with Gasteiger partial charge in [-0.1, -0.05) is 101 Å². The van der Waals surface area contributed by atoms with Crippen molar-refractivity contribution < 1.29 is 0 Å². The van der Waals surface area contributed by atoms with Crippen LogP contribution in [0.3, 0.4) is 0 Å². The van der Waals surface area contributed by atoms with Crippen LogP contribution in [0.2, 0.25) is 0 Å². The first-order valence-corrected chi connectivity index (χ1v) is 11.9. The maximum atomic E-state index is 3.87. The van der Waals surface area contributed by atoms with E-state index in [2.05, 4.69) is 136 Å². The van der Waals surface area contributed by atoms with E-state index in [0.717, 1.165) is 6.42 Å². The zero-order chi connectivity index (χ0) is 21.5. The zero-order valence-corrected chi connectivity index (χ0v) is 19.2. The van der Waals surface area contributed by atoms with Crippen molar-refractivity contribution in [2.75, 3.05) is 0 Å². The Kier molecular flexibility index (Phi) is 4.81. The Bertz CT molecular complexity index is 1490. The minimum Gasteiger partial charge on any atom is -0.309 e. The molecule has 0 saturated heterocycles. The summed E-state index contributed by atoms with van der Waals surface area (Å²) < 4.78 is 2.37. The largest absolute Gasteiger partial charge is 0.309 e. The minimum atomic E-state index is 0.332. The van der Waals surface area contributed by atoms with Crippen molar-refractivity contribution in [3.63, 3.8) is 0 Å². The van der Waals surface area contributed by atoms with Gasteiger partial charge in [-0.2, -0.15) is 0 Å². The molecule has 1 nitrogen and oxygen atoms in total. The van der Waals surface area contributed by atoms with E-state index in [-0.39, 0.29) is 0 Å². The number of benzene rings is 4. The lowest BCUT2D eigenvalue weighted by atomic mass is 9.90. The average molecular weight is 476 g/mol. The average Bonchev–Trinajstić information content (AvgIpc) is 3.18. The second-order valence-electron chi connectivity index (χ2n) is 8.30. The monoisotopic (exact) mass is 475 g/mol. The topological polar surface area (TPSA) is 4.93 Å². The third-order valence-electron chi connectivity index (χ3n) is 6.27. The molecule has 6 rings (SSSR count). The second kappa shape index (κ2) is 7.96. The van der Waals surface area contributed by atoms with Crippen LogP contribution >= 0.6 is 15.9 Å². The van der Waals surface area contributed by atoms with E-state index in [1.54, 1.807) is 0 Å². The van der Waals surface area contributed by atoms with Crippen LogP contribution in [0.5, 0.6) is 0 Å². The van der Waals surface area contributed by atoms with Crippen LogP contribution in [-0.2, 0) is 0 Å². The number of allylic oxidation sites excluding steroid dienone is 4. The number of alkyl halides is 1. The highest BCUT2D eigenvalue weighted by molar-refractivity contribution is 9.09. The van der Waals surface area contributed by atoms with Gasteiger partial charge in [0.1, 0.15) is 0 Å². The Labute approximate surface area is 196 Å². The highest BCUT2D eigenvalue weighted by Crippen LogP contribution is 2.38. The first-order valence-electron chi connectivity index (χ1n) is 11.0. The van der Waals surface area contributed by atoms with Gasteiger partial charge in [-0.25, -0.2) is 0 Å². The van der Waals surface area contributed by atoms with Gasteiger partial charge >= 0.3 is 0 Å². The molecule has 0 fully saturated rings. The summed E-state index contributed by atoms with van der Waals surface area (Å²) in [5, 5.41) is 2.59. The summed E-state index contributed by atoms with van der Waals surface area (Å²) in [5.74, 6) is 0. The van der Waals surface area contributed by atoms with Gasteiger partial charge in [0.2, 0.25) is 0 Å². The zero-order valence-electron chi connectivity index (χ0n) is 17.6. The Morgan fingerprint density at radius 2 is 1.34 bits per heavy atom. The molecule has 32 heavy (non-hydrogen) atoms. The fraction of sp³-hybridized carbons (Fsp3) is 0.0667. The lowest BCUT2D eigenvalue weighted by Gasteiger charge is -2.19. The number of halogens is 1. The number of hydrogen-bond donors (Lipinski definition) is 0. The van der Waals surface area contributed by atoms with Crippen LogP contribution in [0.25, 0.3) is 38.6 Å². The van der Waals surface area contributed by atoms with Gasteiger partial charge in [-0.05, 0) is 59.0 Å². The molecule has 0 N–H and O–H groups in total. The molecule has 0 radical (unpaired) electrons. The predicted molar refractivity (Wildman–Crippen MR) is 141 cm³/mol. The summed E-state index contributed by atoms with van der Waals surface area (Å²) in [4.78, 5) is 0.332. The summed E-state index contributed by atoms with van der Waals surface area (Å²) >= 11 is 3.87. The first-order chi connectivity index (χ1) is 15.8. The van der Waals surface area contributed by atoms with Gasteiger partial charge < -0.3 is 4.57 Å². The SMILES string of the molecule is BrC1C=C(c2ccccc2)C=C(c2ccc3c(c2)c2ccccc2n3-c2ccccc2)C1. The van der Waals surface area contributed by atoms with E-state index in [1.165, 1.54) is 49.8 Å². The normalized spacial score (nSPS) is 16.2. The fourth-order valence-corrected chi connectivity index (χ4v) is 5.43. The smallest absolute Gasteiger partial charge is 0.0541 e. The maximum Gasteiger partial charge on any atom is 0.0541 e. The molecule has 0 bridgehead atoms. The molecule has 5 aromatic rings. The number of nitrogens with zero attached hydrogens (tertiary/aromatic N) is 1. The van der Waals surface area contributed by atoms with Crippen LogP contribution in [0.15, 0.2) is 115 Å². The third kappa shape index (κ3) is 3.32. The highest BCUT2D eigenvalue weighted by Gasteiger charge is 2.18. The number of rotatable bonds is 3. The fourth-order valence-electron chi connectivity index (χ4n) is 4.80. The standard InChI is InChI=1S/C30H22BrN/c31-25-18-23(21-9-3-1-4-10-21)17-24(19-25)22-15-16-30-28(20-22)27-13-7-8-14-29(27)32(30)26-11-5-2-6-12-26/h1-18,20,25H,19H2. The van der Waals surface area contributed by atoms with E-state index in [9.17, 15) is 0 Å². The van der Waals surface area contributed by atoms with Crippen LogP contribution in [-0.4, -0.2) is 9.39 Å². The number of hydrogen-bond acceptors (Lipinski definition) is 0. The van der Waals surface area contributed by atoms with E-state index in [0.29, 0.717) is 4.83 Å². The van der Waals surface area contributed by atoms with Gasteiger partial charge in [0.05, 0.1) is 11.0 Å². The van der Waals surface area contributed by atoms with Crippen LogP contribution in [0.1, 0.15) is 17.5 Å². The van der Waals surface area contributed by atoms with E-state index in [1.807, 2.05) is 0 Å². The number of para-hydroxylation sites is 2. The van der Waals surface area contributed by atoms with Gasteiger partial charge in [-0.3, -0.25) is 0 Å². The molecule has 1 heterocycles. The van der Waals surface area contributed by atoms with Crippen molar-refractivity contribution in [2.45, 2.75) is 11.2 Å². The molecule has 4 aromatic carbocycles. The van der Waals surface area contributed by atoms with Crippen molar-refractivity contribution in [3.8, 4) is 5.69 Å². The van der Waals surface area contributed by atoms with Crippen molar-refractivity contribution in [2.24, 2.45) is 0 Å². The summed E-state index contributed by atoms with van der Waals surface area (Å²) in [6, 6.07) is 36.9. The molecule has 1 atom stereocenters. The predicted octanol–water partition coefficient (Wildman–Crippen LogP) is 8.42. The molecule has 0 aliphatic heterocycles. The van der Waals surface area contributed by atoms with Crippen LogP contribution < -0.4 is 0 Å². The lowest BCUT2D eigenvalue weighted by molar-refractivity contribution is 1.10. The van der Waals surface area contributed by atoms with Crippen molar-refractivity contribution in [1.29, 1.82) is 0 Å². The van der Waals surface area contributed by atoms with Gasteiger partial charge in [0.15, 0.2) is 0 Å². The molecule has 0 amide bonds. The molecule has 154 valence electrons. The van der Waals surface area contributed by atoms with Crippen LogP contribution in [0.4, 0.5) is 0 Å². The van der Waals surface area contributed by atoms with Crippen LogP contribution in [0, 0.1) is 0 Å². The summed E-state index contributed by atoms with van der Waals surface area (Å²) in [6.07, 6.45) is 5.66. The van der Waals surface area contributed by atoms with Crippen molar-refractivity contribution in [1.82, 2.24) is 4.57 Å². The summed E-state index contributed by atoms with van der Waals surface area (Å²) in [5.41, 5.74) is 8.87. The van der Waals surface area contributed by atoms with Gasteiger partial charge in [-0.15, -0.1) is 0 Å². The molecule has 1 aromatic heterocycles. The van der Waals surface area contributed by atoms with Gasteiger partial charge in [0, 0.05) is 21.3 Å². The van der Waals surface area contributed by atoms with Gasteiger partial charge in [0.25, 0.3) is 0 Å². The van der Waals surface area contributed by atoms with E-state index in [4.69, 9.17) is 0 Å². The van der Waals surface area contributed by atoms with Crippen molar-refractivity contribution in [3.05, 3.63) is 126 Å².